The number of esters is 1. The molecule has 1 amide bonds. The van der Waals surface area contributed by atoms with Crippen molar-refractivity contribution in [3.05, 3.63) is 29.8 Å². The summed E-state index contributed by atoms with van der Waals surface area (Å²) in [5.41, 5.74) is 1.09. The van der Waals surface area contributed by atoms with Gasteiger partial charge in [0.05, 0.1) is 6.61 Å². The molecule has 0 saturated carbocycles. The van der Waals surface area contributed by atoms with E-state index in [2.05, 4.69) is 16.0 Å². The maximum absolute atomic E-state index is 11.3. The lowest BCUT2D eigenvalue weighted by molar-refractivity contribution is -0.152. The van der Waals surface area contributed by atoms with E-state index in [9.17, 15) is 9.59 Å². The van der Waals surface area contributed by atoms with Gasteiger partial charge in [-0.3, -0.25) is 4.79 Å². The van der Waals surface area contributed by atoms with Crippen molar-refractivity contribution >= 4 is 17.6 Å². The Kier molecular flexibility index (Phi) is 4.10. The maximum Gasteiger partial charge on any atom is 0.397 e. The minimum atomic E-state index is -0.909. The van der Waals surface area contributed by atoms with Crippen LogP contribution >= 0.6 is 0 Å². The van der Waals surface area contributed by atoms with Gasteiger partial charge in [0.2, 0.25) is 0 Å². The number of hydrogen-bond donors (Lipinski definition) is 1. The van der Waals surface area contributed by atoms with Crippen LogP contribution in [0.1, 0.15) is 12.5 Å². The summed E-state index contributed by atoms with van der Waals surface area (Å²) >= 11 is 0. The molecule has 1 N–H and O–H groups in total. The summed E-state index contributed by atoms with van der Waals surface area (Å²) in [7, 11) is 0. The number of nitrogens with one attached hydrogen (secondary N) is 1. The first-order valence-corrected chi connectivity index (χ1v) is 4.72. The third kappa shape index (κ3) is 3.14. The highest BCUT2D eigenvalue weighted by molar-refractivity contribution is 6.37. The number of amides is 1. The Morgan fingerprint density at radius 2 is 2.25 bits per heavy atom. The van der Waals surface area contributed by atoms with Gasteiger partial charge in [-0.2, -0.15) is 0 Å². The van der Waals surface area contributed by atoms with E-state index in [1.807, 2.05) is 0 Å². The second kappa shape index (κ2) is 5.56. The minimum Gasteiger partial charge on any atom is -0.459 e. The Bertz CT molecular complexity index is 446. The van der Waals surface area contributed by atoms with E-state index in [1.54, 1.807) is 31.2 Å². The molecule has 82 valence electrons. The first-order valence-electron chi connectivity index (χ1n) is 4.72. The number of benzene rings is 1. The largest absolute Gasteiger partial charge is 0.459 e. The third-order valence-corrected chi connectivity index (χ3v) is 1.75. The number of carbonyl (C=O) groups excluding carboxylic acids is 2. The van der Waals surface area contributed by atoms with Crippen molar-refractivity contribution in [1.82, 2.24) is 0 Å². The van der Waals surface area contributed by atoms with Crippen molar-refractivity contribution in [3.63, 3.8) is 0 Å². The first kappa shape index (κ1) is 11.8. The fourth-order valence-corrected chi connectivity index (χ4v) is 1.07. The van der Waals surface area contributed by atoms with Gasteiger partial charge in [-0.25, -0.2) is 4.79 Å². The van der Waals surface area contributed by atoms with Crippen LogP contribution in [-0.2, 0) is 14.3 Å². The number of anilines is 1. The topological polar surface area (TPSA) is 55.4 Å². The van der Waals surface area contributed by atoms with Crippen molar-refractivity contribution in [2.75, 3.05) is 11.9 Å². The number of rotatable bonds is 2. The fraction of sp³-hybridized carbons (Fsp3) is 0.167. The fourth-order valence-electron chi connectivity index (χ4n) is 1.07. The first-order chi connectivity index (χ1) is 7.67. The molecule has 0 aliphatic heterocycles. The van der Waals surface area contributed by atoms with E-state index in [0.717, 1.165) is 0 Å². The van der Waals surface area contributed by atoms with Gasteiger partial charge >= 0.3 is 11.9 Å². The highest BCUT2D eigenvalue weighted by atomic mass is 16.5. The molecule has 0 unspecified atom stereocenters. The van der Waals surface area contributed by atoms with Crippen LogP contribution < -0.4 is 5.32 Å². The molecule has 1 aromatic carbocycles. The van der Waals surface area contributed by atoms with Gasteiger partial charge in [-0.05, 0) is 25.1 Å². The highest BCUT2D eigenvalue weighted by Gasteiger charge is 2.14. The van der Waals surface area contributed by atoms with Crippen LogP contribution in [0.25, 0.3) is 0 Å². The van der Waals surface area contributed by atoms with Crippen LogP contribution in [0.5, 0.6) is 0 Å². The molecule has 0 bridgehead atoms. The van der Waals surface area contributed by atoms with Gasteiger partial charge in [0.15, 0.2) is 0 Å². The molecule has 0 heterocycles. The zero-order valence-corrected chi connectivity index (χ0v) is 8.82. The van der Waals surface area contributed by atoms with Crippen molar-refractivity contribution in [1.29, 1.82) is 0 Å². The maximum atomic E-state index is 11.3. The number of hydrogen-bond acceptors (Lipinski definition) is 3. The summed E-state index contributed by atoms with van der Waals surface area (Å²) in [6.45, 7) is 1.79. The number of terminal acetylenes is 1. The smallest absolute Gasteiger partial charge is 0.397 e. The lowest BCUT2D eigenvalue weighted by Crippen LogP contribution is -2.24. The summed E-state index contributed by atoms with van der Waals surface area (Å²) in [5.74, 6) is 0.710. The summed E-state index contributed by atoms with van der Waals surface area (Å²) in [6.07, 6.45) is 5.20. The second-order valence-electron chi connectivity index (χ2n) is 2.90. The third-order valence-electron chi connectivity index (χ3n) is 1.75. The quantitative estimate of drug-likeness (QED) is 0.459. The van der Waals surface area contributed by atoms with E-state index < -0.39 is 11.9 Å². The zero-order valence-electron chi connectivity index (χ0n) is 8.82. The van der Waals surface area contributed by atoms with Crippen LogP contribution in [0.3, 0.4) is 0 Å². The van der Waals surface area contributed by atoms with Gasteiger partial charge in [-0.15, -0.1) is 6.42 Å². The lowest BCUT2D eigenvalue weighted by Gasteiger charge is -2.04. The van der Waals surface area contributed by atoms with E-state index in [0.29, 0.717) is 11.3 Å². The number of carbonyl (C=O) groups is 2. The Hall–Kier alpha value is -2.28. The predicted molar refractivity (Wildman–Crippen MR) is 59.6 cm³/mol. The highest BCUT2D eigenvalue weighted by Crippen LogP contribution is 2.09. The van der Waals surface area contributed by atoms with Crippen molar-refractivity contribution < 1.29 is 14.3 Å². The van der Waals surface area contributed by atoms with Gasteiger partial charge in [0.1, 0.15) is 0 Å². The van der Waals surface area contributed by atoms with Crippen LogP contribution in [-0.4, -0.2) is 18.5 Å². The molecule has 0 spiro atoms. The van der Waals surface area contributed by atoms with E-state index >= 15 is 0 Å². The monoisotopic (exact) mass is 217 g/mol. The lowest BCUT2D eigenvalue weighted by atomic mass is 10.2. The van der Waals surface area contributed by atoms with E-state index in [-0.39, 0.29) is 6.61 Å². The van der Waals surface area contributed by atoms with E-state index in [4.69, 9.17) is 6.42 Å². The van der Waals surface area contributed by atoms with Gasteiger partial charge in [0.25, 0.3) is 0 Å². The Morgan fingerprint density at radius 1 is 1.50 bits per heavy atom. The Labute approximate surface area is 93.6 Å². The van der Waals surface area contributed by atoms with Crippen LogP contribution in [0.4, 0.5) is 5.69 Å². The van der Waals surface area contributed by atoms with Gasteiger partial charge in [-0.1, -0.05) is 12.0 Å². The number of ether oxygens (including phenoxy) is 1. The van der Waals surface area contributed by atoms with Crippen LogP contribution in [0.2, 0.25) is 0 Å². The molecule has 0 fully saturated rings. The zero-order chi connectivity index (χ0) is 12.0. The van der Waals surface area contributed by atoms with Crippen molar-refractivity contribution in [2.45, 2.75) is 6.92 Å². The van der Waals surface area contributed by atoms with Gasteiger partial charge in [0, 0.05) is 11.3 Å². The van der Waals surface area contributed by atoms with Gasteiger partial charge < -0.3 is 10.1 Å². The molecule has 0 aliphatic carbocycles. The summed E-state index contributed by atoms with van der Waals surface area (Å²) in [4.78, 5) is 22.3. The molecule has 16 heavy (non-hydrogen) atoms. The summed E-state index contributed by atoms with van der Waals surface area (Å²) in [5, 5.41) is 2.39. The minimum absolute atomic E-state index is 0.163. The Morgan fingerprint density at radius 3 is 2.88 bits per heavy atom. The molecule has 4 nitrogen and oxygen atoms in total. The molecular formula is C12H11NO3. The van der Waals surface area contributed by atoms with Crippen molar-refractivity contribution in [3.8, 4) is 12.3 Å². The molecule has 0 saturated heterocycles. The molecule has 1 rings (SSSR count). The summed E-state index contributed by atoms with van der Waals surface area (Å²) < 4.78 is 4.54. The average molecular weight is 217 g/mol. The molecule has 0 aromatic heterocycles. The molecule has 0 aliphatic rings. The molecule has 4 heteroatoms. The molecular weight excluding hydrogens is 206 g/mol. The predicted octanol–water partition coefficient (Wildman–Crippen LogP) is 1.17. The molecule has 0 atom stereocenters. The molecule has 1 aromatic rings. The van der Waals surface area contributed by atoms with Crippen LogP contribution in [0.15, 0.2) is 24.3 Å². The molecule has 0 radical (unpaired) electrons. The standard InChI is InChI=1S/C12H11NO3/c1-3-9-6-5-7-10(8-9)13-11(14)12(15)16-4-2/h1,5-8H,4H2,2H3,(H,13,14). The SMILES string of the molecule is C#Cc1cccc(NC(=O)C(=O)OCC)c1. The van der Waals surface area contributed by atoms with E-state index in [1.165, 1.54) is 0 Å². The average Bonchev–Trinajstić information content (AvgIpc) is 2.29. The van der Waals surface area contributed by atoms with Crippen molar-refractivity contribution in [2.24, 2.45) is 0 Å². The summed E-state index contributed by atoms with van der Waals surface area (Å²) in [6, 6.07) is 6.64. The Balaban J connectivity index is 2.70. The van der Waals surface area contributed by atoms with Crippen LogP contribution in [0, 0.1) is 12.3 Å². The normalized spacial score (nSPS) is 9.00. The second-order valence-corrected chi connectivity index (χ2v) is 2.90.